The number of hydrogen-bond acceptors (Lipinski definition) is 3. The van der Waals surface area contributed by atoms with Crippen LogP contribution in [0.3, 0.4) is 0 Å². The molecular weight excluding hydrogens is 271 g/mol. The van der Waals surface area contributed by atoms with Crippen LogP contribution in [-0.2, 0) is 6.42 Å². The maximum absolute atomic E-state index is 13.0. The summed E-state index contributed by atoms with van der Waals surface area (Å²) in [5, 5.41) is 3.72. The molecule has 0 aliphatic rings. The van der Waals surface area contributed by atoms with Crippen LogP contribution in [0, 0.1) is 12.7 Å². The molecule has 2 rings (SSSR count). The SMILES string of the molecule is CNC(Cc1ccc(F)cc1Cl)c1scnc1C. The Bertz CT molecular complexity index is 542. The molecule has 0 bridgehead atoms. The van der Waals surface area contributed by atoms with Crippen LogP contribution in [0.5, 0.6) is 0 Å². The van der Waals surface area contributed by atoms with Gasteiger partial charge in [0.05, 0.1) is 11.2 Å². The van der Waals surface area contributed by atoms with E-state index in [1.54, 1.807) is 17.4 Å². The summed E-state index contributed by atoms with van der Waals surface area (Å²) >= 11 is 7.67. The van der Waals surface area contributed by atoms with E-state index in [1.165, 1.54) is 17.0 Å². The average Bonchev–Trinajstić information content (AvgIpc) is 2.75. The standard InChI is InChI=1S/C13H14ClFN2S/c1-8-13(18-7-17-8)12(16-2)5-9-3-4-10(15)6-11(9)14/h3-4,6-7,12,16H,5H2,1-2H3. The molecule has 18 heavy (non-hydrogen) atoms. The topological polar surface area (TPSA) is 24.9 Å². The van der Waals surface area contributed by atoms with Gasteiger partial charge in [-0.25, -0.2) is 9.37 Å². The fraction of sp³-hybridized carbons (Fsp3) is 0.308. The monoisotopic (exact) mass is 284 g/mol. The van der Waals surface area contributed by atoms with Crippen LogP contribution in [0.25, 0.3) is 0 Å². The number of nitrogens with zero attached hydrogens (tertiary/aromatic N) is 1. The first-order chi connectivity index (χ1) is 8.61. The Morgan fingerprint density at radius 1 is 1.50 bits per heavy atom. The van der Waals surface area contributed by atoms with Gasteiger partial charge in [-0.1, -0.05) is 17.7 Å². The second kappa shape index (κ2) is 5.78. The lowest BCUT2D eigenvalue weighted by molar-refractivity contribution is 0.594. The molecule has 1 N–H and O–H groups in total. The maximum atomic E-state index is 13.0. The van der Waals surface area contributed by atoms with Gasteiger partial charge < -0.3 is 5.32 Å². The van der Waals surface area contributed by atoms with Gasteiger partial charge in [0.1, 0.15) is 5.82 Å². The van der Waals surface area contributed by atoms with Gasteiger partial charge in [0.2, 0.25) is 0 Å². The first-order valence-electron chi connectivity index (χ1n) is 5.63. The molecule has 0 amide bonds. The van der Waals surface area contributed by atoms with Gasteiger partial charge in [-0.15, -0.1) is 11.3 Å². The van der Waals surface area contributed by atoms with Crippen molar-refractivity contribution in [3.63, 3.8) is 0 Å². The Balaban J connectivity index is 2.23. The first kappa shape index (κ1) is 13.5. The molecule has 5 heteroatoms. The smallest absolute Gasteiger partial charge is 0.124 e. The van der Waals surface area contributed by atoms with Crippen molar-refractivity contribution < 1.29 is 4.39 Å². The number of nitrogens with one attached hydrogen (secondary N) is 1. The number of benzene rings is 1. The molecule has 1 atom stereocenters. The molecule has 0 aliphatic heterocycles. The highest BCUT2D eigenvalue weighted by Gasteiger charge is 2.16. The predicted octanol–water partition coefficient (Wildman–Crippen LogP) is 3.75. The lowest BCUT2D eigenvalue weighted by Gasteiger charge is -2.16. The van der Waals surface area contributed by atoms with Crippen molar-refractivity contribution in [1.29, 1.82) is 0 Å². The second-order valence-corrected chi connectivity index (χ2v) is 5.38. The van der Waals surface area contributed by atoms with Crippen molar-refractivity contribution in [1.82, 2.24) is 10.3 Å². The molecule has 0 aliphatic carbocycles. The highest BCUT2D eigenvalue weighted by molar-refractivity contribution is 7.09. The number of likely N-dealkylation sites (N-methyl/N-ethyl adjacent to an activating group) is 1. The minimum Gasteiger partial charge on any atom is -0.312 e. The van der Waals surface area contributed by atoms with Crippen molar-refractivity contribution >= 4 is 22.9 Å². The Morgan fingerprint density at radius 3 is 2.83 bits per heavy atom. The zero-order valence-corrected chi connectivity index (χ0v) is 11.8. The largest absolute Gasteiger partial charge is 0.312 e. The van der Waals surface area contributed by atoms with Gasteiger partial charge in [0.15, 0.2) is 0 Å². The molecule has 1 heterocycles. The summed E-state index contributed by atoms with van der Waals surface area (Å²) < 4.78 is 13.0. The lowest BCUT2D eigenvalue weighted by Crippen LogP contribution is -2.18. The molecule has 0 saturated heterocycles. The quantitative estimate of drug-likeness (QED) is 0.925. The third kappa shape index (κ3) is 2.88. The summed E-state index contributed by atoms with van der Waals surface area (Å²) in [5.74, 6) is -0.307. The van der Waals surface area contributed by atoms with Crippen LogP contribution in [0.4, 0.5) is 4.39 Å². The molecule has 0 saturated carbocycles. The van der Waals surface area contributed by atoms with Gasteiger partial charge in [-0.05, 0) is 38.1 Å². The van der Waals surface area contributed by atoms with Crippen LogP contribution in [-0.4, -0.2) is 12.0 Å². The molecule has 96 valence electrons. The van der Waals surface area contributed by atoms with E-state index in [4.69, 9.17) is 11.6 Å². The van der Waals surface area contributed by atoms with Crippen LogP contribution in [0.15, 0.2) is 23.7 Å². The van der Waals surface area contributed by atoms with Crippen molar-refractivity contribution in [2.45, 2.75) is 19.4 Å². The molecule has 1 aromatic heterocycles. The van der Waals surface area contributed by atoms with Gasteiger partial charge in [-0.2, -0.15) is 0 Å². The predicted molar refractivity (Wildman–Crippen MR) is 73.8 cm³/mol. The summed E-state index contributed by atoms with van der Waals surface area (Å²) in [5.41, 5.74) is 3.80. The van der Waals surface area contributed by atoms with E-state index in [0.29, 0.717) is 5.02 Å². The van der Waals surface area contributed by atoms with Crippen LogP contribution < -0.4 is 5.32 Å². The van der Waals surface area contributed by atoms with Crippen molar-refractivity contribution in [3.05, 3.63) is 50.7 Å². The van der Waals surface area contributed by atoms with Crippen LogP contribution in [0.2, 0.25) is 5.02 Å². The molecule has 2 nitrogen and oxygen atoms in total. The summed E-state index contributed by atoms with van der Waals surface area (Å²) in [6, 6.07) is 4.68. The van der Waals surface area contributed by atoms with Gasteiger partial charge in [-0.3, -0.25) is 0 Å². The maximum Gasteiger partial charge on any atom is 0.124 e. The zero-order valence-electron chi connectivity index (χ0n) is 10.2. The molecule has 1 unspecified atom stereocenters. The minimum absolute atomic E-state index is 0.153. The summed E-state index contributed by atoms with van der Waals surface area (Å²) in [6.07, 6.45) is 0.721. The van der Waals surface area contributed by atoms with Gasteiger partial charge in [0, 0.05) is 15.9 Å². The summed E-state index contributed by atoms with van der Waals surface area (Å²) in [6.45, 7) is 1.99. The molecule has 0 spiro atoms. The summed E-state index contributed by atoms with van der Waals surface area (Å²) in [4.78, 5) is 5.44. The second-order valence-electron chi connectivity index (χ2n) is 4.08. The van der Waals surface area contributed by atoms with Crippen molar-refractivity contribution in [2.75, 3.05) is 7.05 Å². The van der Waals surface area contributed by atoms with E-state index in [2.05, 4.69) is 10.3 Å². The first-order valence-corrected chi connectivity index (χ1v) is 6.88. The Kier molecular flexibility index (Phi) is 4.32. The normalized spacial score (nSPS) is 12.7. The number of aryl methyl sites for hydroxylation is 1. The third-order valence-corrected chi connectivity index (χ3v) is 4.28. The van der Waals surface area contributed by atoms with Gasteiger partial charge >= 0.3 is 0 Å². The van der Waals surface area contributed by atoms with E-state index in [9.17, 15) is 4.39 Å². The molecule has 0 fully saturated rings. The van der Waals surface area contributed by atoms with Crippen LogP contribution in [0.1, 0.15) is 22.2 Å². The van der Waals surface area contributed by atoms with Crippen molar-refractivity contribution in [2.24, 2.45) is 0 Å². The Morgan fingerprint density at radius 2 is 2.28 bits per heavy atom. The highest BCUT2D eigenvalue weighted by atomic mass is 35.5. The van der Waals surface area contributed by atoms with E-state index in [0.717, 1.165) is 17.7 Å². The van der Waals surface area contributed by atoms with Crippen molar-refractivity contribution in [3.8, 4) is 0 Å². The molecule has 1 aromatic carbocycles. The molecule has 0 radical (unpaired) electrons. The number of rotatable bonds is 4. The molecular formula is C13H14ClFN2S. The van der Waals surface area contributed by atoms with Gasteiger partial charge in [0.25, 0.3) is 0 Å². The fourth-order valence-corrected chi connectivity index (χ4v) is 3.04. The fourth-order valence-electron chi connectivity index (χ4n) is 1.88. The zero-order chi connectivity index (χ0) is 13.1. The Hall–Kier alpha value is -0.970. The molecule has 2 aromatic rings. The van der Waals surface area contributed by atoms with E-state index in [-0.39, 0.29) is 11.9 Å². The average molecular weight is 285 g/mol. The minimum atomic E-state index is -0.307. The van der Waals surface area contributed by atoms with E-state index >= 15 is 0 Å². The third-order valence-electron chi connectivity index (χ3n) is 2.89. The number of hydrogen-bond donors (Lipinski definition) is 1. The lowest BCUT2D eigenvalue weighted by atomic mass is 10.0. The van der Waals surface area contributed by atoms with Crippen LogP contribution >= 0.6 is 22.9 Å². The Labute approximate surface area is 115 Å². The number of thiazole rings is 1. The van der Waals surface area contributed by atoms with E-state index < -0.39 is 0 Å². The van der Waals surface area contributed by atoms with E-state index in [1.807, 2.05) is 19.5 Å². The summed E-state index contributed by atoms with van der Waals surface area (Å²) in [7, 11) is 1.90. The highest BCUT2D eigenvalue weighted by Crippen LogP contribution is 2.27. The number of aromatic nitrogens is 1. The number of halogens is 2.